The number of carbonyl (C=O) groups excluding carboxylic acids is 1. The molecule has 3 aromatic carbocycles. The van der Waals surface area contributed by atoms with E-state index in [2.05, 4.69) is 10.0 Å². The smallest absolute Gasteiger partial charge is 0.265 e. The topological polar surface area (TPSA) is 84.5 Å². The maximum atomic E-state index is 12.6. The van der Waals surface area contributed by atoms with Crippen LogP contribution in [0, 0.1) is 20.8 Å². The quantitative estimate of drug-likeness (QED) is 0.477. The fourth-order valence-electron chi connectivity index (χ4n) is 3.03. The van der Waals surface area contributed by atoms with E-state index in [0.717, 1.165) is 16.7 Å². The Hall–Kier alpha value is -3.03. The SMILES string of the molecule is Cc1ccc(NS(=O)(=O)c2ccc(NC(=O)[C@H](C)Oc3cc(C)c(Cl)c(C)c3)cc2)cc1. The molecule has 0 aromatic heterocycles. The van der Waals surface area contributed by atoms with Crippen LogP contribution in [0.25, 0.3) is 0 Å². The van der Waals surface area contributed by atoms with Crippen LogP contribution in [-0.2, 0) is 14.8 Å². The molecule has 0 fully saturated rings. The van der Waals surface area contributed by atoms with Crippen molar-refractivity contribution in [3.8, 4) is 5.75 Å². The van der Waals surface area contributed by atoms with Gasteiger partial charge in [-0.2, -0.15) is 0 Å². The number of amides is 1. The van der Waals surface area contributed by atoms with Crippen LogP contribution in [0.5, 0.6) is 5.75 Å². The second-order valence-corrected chi connectivity index (χ2v) is 9.68. The van der Waals surface area contributed by atoms with Crippen molar-refractivity contribution in [2.24, 2.45) is 0 Å². The standard InChI is InChI=1S/C24H25ClN2O4S/c1-15-5-7-20(8-6-15)27-32(29,30)22-11-9-19(10-12-22)26-24(28)18(4)31-21-13-16(2)23(25)17(3)14-21/h5-14,18,27H,1-4H3,(H,26,28)/t18-/m0/s1. The zero-order valence-electron chi connectivity index (χ0n) is 18.3. The lowest BCUT2D eigenvalue weighted by molar-refractivity contribution is -0.122. The zero-order chi connectivity index (χ0) is 23.5. The highest BCUT2D eigenvalue weighted by Gasteiger charge is 2.18. The number of hydrogen-bond acceptors (Lipinski definition) is 4. The molecule has 3 rings (SSSR count). The number of halogens is 1. The third kappa shape index (κ3) is 5.81. The predicted octanol–water partition coefficient (Wildman–Crippen LogP) is 5.47. The average Bonchev–Trinajstić information content (AvgIpc) is 2.74. The molecule has 0 aliphatic rings. The number of aryl methyl sites for hydroxylation is 3. The Morgan fingerprint density at radius 1 is 0.906 bits per heavy atom. The van der Waals surface area contributed by atoms with Crippen LogP contribution in [0.3, 0.4) is 0 Å². The number of nitrogens with one attached hydrogen (secondary N) is 2. The van der Waals surface area contributed by atoms with Crippen molar-refractivity contribution >= 4 is 38.9 Å². The Morgan fingerprint density at radius 2 is 1.44 bits per heavy atom. The van der Waals surface area contributed by atoms with Gasteiger partial charge in [-0.1, -0.05) is 29.3 Å². The van der Waals surface area contributed by atoms with E-state index >= 15 is 0 Å². The molecule has 0 aliphatic heterocycles. The molecule has 3 aromatic rings. The fourth-order valence-corrected chi connectivity index (χ4v) is 4.20. The van der Waals surface area contributed by atoms with Crippen molar-refractivity contribution < 1.29 is 17.9 Å². The van der Waals surface area contributed by atoms with E-state index in [1.807, 2.05) is 32.9 Å². The van der Waals surface area contributed by atoms with Crippen molar-refractivity contribution in [3.63, 3.8) is 0 Å². The normalized spacial score (nSPS) is 12.2. The first-order valence-corrected chi connectivity index (χ1v) is 11.8. The van der Waals surface area contributed by atoms with Crippen molar-refractivity contribution in [3.05, 3.63) is 82.4 Å². The molecule has 0 saturated carbocycles. The summed E-state index contributed by atoms with van der Waals surface area (Å²) in [6.07, 6.45) is -0.762. The third-order valence-electron chi connectivity index (χ3n) is 4.83. The van der Waals surface area contributed by atoms with Gasteiger partial charge in [-0.3, -0.25) is 9.52 Å². The number of benzene rings is 3. The van der Waals surface area contributed by atoms with Crippen LogP contribution in [0.2, 0.25) is 5.02 Å². The Kier molecular flexibility index (Phi) is 7.11. The van der Waals surface area contributed by atoms with E-state index in [1.54, 1.807) is 31.2 Å². The molecule has 0 spiro atoms. The van der Waals surface area contributed by atoms with Gasteiger partial charge < -0.3 is 10.1 Å². The van der Waals surface area contributed by atoms with Crippen LogP contribution < -0.4 is 14.8 Å². The fraction of sp³-hybridized carbons (Fsp3) is 0.208. The summed E-state index contributed by atoms with van der Waals surface area (Å²) in [6.45, 7) is 7.31. The van der Waals surface area contributed by atoms with Gasteiger partial charge in [-0.25, -0.2) is 8.42 Å². The highest BCUT2D eigenvalue weighted by molar-refractivity contribution is 7.92. The second-order valence-electron chi connectivity index (χ2n) is 7.62. The van der Waals surface area contributed by atoms with E-state index < -0.39 is 16.1 Å². The summed E-state index contributed by atoms with van der Waals surface area (Å²) >= 11 is 6.17. The molecule has 0 heterocycles. The summed E-state index contributed by atoms with van der Waals surface area (Å²) in [5.41, 5.74) is 3.71. The summed E-state index contributed by atoms with van der Waals surface area (Å²) in [7, 11) is -3.74. The van der Waals surface area contributed by atoms with Crippen LogP contribution in [0.4, 0.5) is 11.4 Å². The van der Waals surface area contributed by atoms with Gasteiger partial charge >= 0.3 is 0 Å². The molecule has 2 N–H and O–H groups in total. The monoisotopic (exact) mass is 472 g/mol. The first-order chi connectivity index (χ1) is 15.0. The Bertz CT molecular complexity index is 1200. The Balaban J connectivity index is 1.64. The molecule has 0 radical (unpaired) electrons. The van der Waals surface area contributed by atoms with Crippen LogP contribution >= 0.6 is 11.6 Å². The van der Waals surface area contributed by atoms with E-state index in [4.69, 9.17) is 16.3 Å². The maximum absolute atomic E-state index is 12.6. The van der Waals surface area contributed by atoms with Crippen molar-refractivity contribution in [1.29, 1.82) is 0 Å². The molecule has 0 saturated heterocycles. The first kappa shape index (κ1) is 23.6. The minimum atomic E-state index is -3.74. The lowest BCUT2D eigenvalue weighted by Crippen LogP contribution is -2.30. The molecule has 0 aliphatic carbocycles. The number of ether oxygens (including phenoxy) is 1. The van der Waals surface area contributed by atoms with Gasteiger partial charge in [0.1, 0.15) is 5.75 Å². The van der Waals surface area contributed by atoms with Gasteiger partial charge in [0.2, 0.25) is 0 Å². The average molecular weight is 473 g/mol. The maximum Gasteiger partial charge on any atom is 0.265 e. The Labute approximate surface area is 193 Å². The number of anilines is 2. The molecule has 1 amide bonds. The molecule has 32 heavy (non-hydrogen) atoms. The minimum absolute atomic E-state index is 0.0903. The zero-order valence-corrected chi connectivity index (χ0v) is 19.8. The highest BCUT2D eigenvalue weighted by atomic mass is 35.5. The summed E-state index contributed by atoms with van der Waals surface area (Å²) in [4.78, 5) is 12.6. The molecule has 168 valence electrons. The van der Waals surface area contributed by atoms with Gasteiger partial charge in [0.05, 0.1) is 4.90 Å². The molecule has 1 atom stereocenters. The molecular formula is C24H25ClN2O4S. The Morgan fingerprint density at radius 3 is 2.00 bits per heavy atom. The van der Waals surface area contributed by atoms with Crippen molar-refractivity contribution in [2.45, 2.75) is 38.7 Å². The minimum Gasteiger partial charge on any atom is -0.481 e. The summed E-state index contributed by atoms with van der Waals surface area (Å²) in [6, 6.07) is 16.5. The van der Waals surface area contributed by atoms with Gasteiger partial charge in [0.25, 0.3) is 15.9 Å². The van der Waals surface area contributed by atoms with Gasteiger partial charge in [0, 0.05) is 16.4 Å². The molecule has 0 bridgehead atoms. The van der Waals surface area contributed by atoms with Gasteiger partial charge in [-0.15, -0.1) is 0 Å². The summed E-state index contributed by atoms with van der Waals surface area (Å²) < 4.78 is 33.4. The molecular weight excluding hydrogens is 448 g/mol. The molecule has 6 nitrogen and oxygen atoms in total. The predicted molar refractivity (Wildman–Crippen MR) is 128 cm³/mol. The molecule has 0 unspecified atom stereocenters. The van der Waals surface area contributed by atoms with Crippen LogP contribution in [-0.4, -0.2) is 20.4 Å². The lowest BCUT2D eigenvalue weighted by atomic mass is 10.1. The van der Waals surface area contributed by atoms with E-state index in [1.165, 1.54) is 24.3 Å². The lowest BCUT2D eigenvalue weighted by Gasteiger charge is -2.16. The largest absolute Gasteiger partial charge is 0.481 e. The van der Waals surface area contributed by atoms with Crippen molar-refractivity contribution in [2.75, 3.05) is 10.0 Å². The summed E-state index contributed by atoms with van der Waals surface area (Å²) in [5.74, 6) is 0.194. The number of rotatable bonds is 7. The third-order valence-corrected chi connectivity index (χ3v) is 6.82. The van der Waals surface area contributed by atoms with E-state index in [0.29, 0.717) is 22.1 Å². The number of hydrogen-bond donors (Lipinski definition) is 2. The number of sulfonamides is 1. The van der Waals surface area contributed by atoms with Gasteiger partial charge in [-0.05, 0) is 87.4 Å². The first-order valence-electron chi connectivity index (χ1n) is 9.99. The number of carbonyl (C=O) groups is 1. The molecule has 8 heteroatoms. The van der Waals surface area contributed by atoms with Crippen LogP contribution in [0.1, 0.15) is 23.6 Å². The van der Waals surface area contributed by atoms with Crippen LogP contribution in [0.15, 0.2) is 65.6 Å². The van der Waals surface area contributed by atoms with E-state index in [-0.39, 0.29) is 10.8 Å². The van der Waals surface area contributed by atoms with Gasteiger partial charge in [0.15, 0.2) is 6.10 Å². The second kappa shape index (κ2) is 9.63. The van der Waals surface area contributed by atoms with Crippen molar-refractivity contribution in [1.82, 2.24) is 0 Å². The highest BCUT2D eigenvalue weighted by Crippen LogP contribution is 2.26. The summed E-state index contributed by atoms with van der Waals surface area (Å²) in [5, 5.41) is 3.40. The van der Waals surface area contributed by atoms with E-state index in [9.17, 15) is 13.2 Å².